The van der Waals surface area contributed by atoms with Gasteiger partial charge in [0.05, 0.1) is 34.3 Å². The molecule has 5 nitrogen and oxygen atoms in total. The first-order valence-corrected chi connectivity index (χ1v) is 11.9. The lowest BCUT2D eigenvalue weighted by atomic mass is 10.1. The Morgan fingerprint density at radius 3 is 2.44 bits per heavy atom. The normalized spacial score (nSPS) is 11.4. The molecule has 0 spiro atoms. The number of ether oxygens (including phenoxy) is 1. The van der Waals surface area contributed by atoms with Crippen molar-refractivity contribution in [2.45, 2.75) is 17.7 Å². The van der Waals surface area contributed by atoms with E-state index in [4.69, 9.17) is 27.9 Å². The number of carbonyl (C=O) groups excluding carboxylic acids is 1. The molecule has 0 aliphatic carbocycles. The SMILES string of the molecule is COc1ccc(Cn2c(SNC(=O)c3ccc(Cl)cc3Cl)c(C#N)c3cc(C(F)(F)F)ccc32)cc1. The lowest BCUT2D eigenvalue weighted by molar-refractivity contribution is -0.137. The molecule has 1 amide bonds. The van der Waals surface area contributed by atoms with Gasteiger partial charge in [-0.1, -0.05) is 35.3 Å². The van der Waals surface area contributed by atoms with E-state index >= 15 is 0 Å². The van der Waals surface area contributed by atoms with Gasteiger partial charge in [-0.3, -0.25) is 9.52 Å². The number of nitrogens with one attached hydrogen (secondary N) is 1. The van der Waals surface area contributed by atoms with Crippen molar-refractivity contribution in [2.75, 3.05) is 7.11 Å². The Hall–Kier alpha value is -3.32. The van der Waals surface area contributed by atoms with E-state index in [-0.39, 0.29) is 33.1 Å². The molecule has 0 radical (unpaired) electrons. The molecular weight excluding hydrogens is 534 g/mol. The topological polar surface area (TPSA) is 67.0 Å². The summed E-state index contributed by atoms with van der Waals surface area (Å²) in [5, 5.41) is 10.8. The number of fused-ring (bicyclic) bond motifs is 1. The molecule has 11 heteroatoms. The molecule has 0 aliphatic heterocycles. The van der Waals surface area contributed by atoms with E-state index in [9.17, 15) is 23.2 Å². The molecule has 1 aromatic heterocycles. The van der Waals surface area contributed by atoms with Gasteiger partial charge >= 0.3 is 6.18 Å². The number of nitriles is 1. The number of carbonyl (C=O) groups is 1. The molecule has 0 fully saturated rings. The molecule has 184 valence electrons. The van der Waals surface area contributed by atoms with Crippen molar-refractivity contribution < 1.29 is 22.7 Å². The third kappa shape index (κ3) is 5.26. The number of nitrogens with zero attached hydrogens (tertiary/aromatic N) is 2. The zero-order valence-electron chi connectivity index (χ0n) is 18.5. The highest BCUT2D eigenvalue weighted by atomic mass is 35.5. The molecule has 1 N–H and O–H groups in total. The summed E-state index contributed by atoms with van der Waals surface area (Å²) in [5.41, 5.74) is 0.519. The van der Waals surface area contributed by atoms with Gasteiger partial charge in [0, 0.05) is 28.9 Å². The number of aromatic nitrogens is 1. The average molecular weight is 550 g/mol. The van der Waals surface area contributed by atoms with Crippen LogP contribution in [0.15, 0.2) is 65.7 Å². The molecule has 0 saturated carbocycles. The number of hydrogen-bond acceptors (Lipinski definition) is 4. The Morgan fingerprint density at radius 2 is 1.83 bits per heavy atom. The number of halogens is 5. The maximum atomic E-state index is 13.4. The highest BCUT2D eigenvalue weighted by molar-refractivity contribution is 7.98. The zero-order valence-corrected chi connectivity index (χ0v) is 20.8. The minimum absolute atomic E-state index is 0.0112. The van der Waals surface area contributed by atoms with Crippen LogP contribution in [0.3, 0.4) is 0 Å². The van der Waals surface area contributed by atoms with Crippen molar-refractivity contribution in [3.63, 3.8) is 0 Å². The summed E-state index contributed by atoms with van der Waals surface area (Å²) in [7, 11) is 1.54. The van der Waals surface area contributed by atoms with Gasteiger partial charge in [-0.05, 0) is 54.1 Å². The quantitative estimate of drug-likeness (QED) is 0.255. The van der Waals surface area contributed by atoms with Crippen LogP contribution >= 0.6 is 35.1 Å². The van der Waals surface area contributed by atoms with Crippen LogP contribution in [0.5, 0.6) is 5.75 Å². The number of amides is 1. The summed E-state index contributed by atoms with van der Waals surface area (Å²) in [6, 6.07) is 16.7. The molecule has 4 aromatic rings. The minimum Gasteiger partial charge on any atom is -0.497 e. The van der Waals surface area contributed by atoms with Crippen molar-refractivity contribution in [1.82, 2.24) is 9.29 Å². The van der Waals surface area contributed by atoms with Crippen LogP contribution < -0.4 is 9.46 Å². The fraction of sp³-hybridized carbons (Fsp3) is 0.120. The van der Waals surface area contributed by atoms with Crippen molar-refractivity contribution in [2.24, 2.45) is 0 Å². The number of alkyl halides is 3. The van der Waals surface area contributed by atoms with Crippen LogP contribution in [-0.4, -0.2) is 17.6 Å². The van der Waals surface area contributed by atoms with E-state index in [1.54, 1.807) is 28.8 Å². The number of benzene rings is 3. The molecule has 0 unspecified atom stereocenters. The first kappa shape index (κ1) is 25.8. The smallest absolute Gasteiger partial charge is 0.416 e. The Balaban J connectivity index is 1.78. The van der Waals surface area contributed by atoms with Gasteiger partial charge in [-0.15, -0.1) is 0 Å². The molecule has 4 rings (SSSR count). The van der Waals surface area contributed by atoms with Gasteiger partial charge in [-0.2, -0.15) is 18.4 Å². The standard InChI is InChI=1S/C25H16Cl2F3N3O2S/c1-35-17-6-2-14(3-7-17)13-33-22-9-4-15(25(28,29)30)10-19(22)20(12-31)24(33)36-32-23(34)18-8-5-16(26)11-21(18)27/h2-11H,13H2,1H3,(H,32,34). The van der Waals surface area contributed by atoms with Crippen LogP contribution in [0, 0.1) is 11.3 Å². The summed E-state index contributed by atoms with van der Waals surface area (Å²) in [6.45, 7) is 0.230. The maximum absolute atomic E-state index is 13.4. The highest BCUT2D eigenvalue weighted by Crippen LogP contribution is 2.37. The third-order valence-corrected chi connectivity index (χ3v) is 6.82. The molecule has 0 aliphatic rings. The lowest BCUT2D eigenvalue weighted by Gasteiger charge is -2.13. The van der Waals surface area contributed by atoms with E-state index in [1.807, 2.05) is 6.07 Å². The summed E-state index contributed by atoms with van der Waals surface area (Å²) in [5.74, 6) is 0.0909. The first-order valence-electron chi connectivity index (χ1n) is 10.3. The fourth-order valence-corrected chi connectivity index (χ4v) is 4.94. The van der Waals surface area contributed by atoms with Crippen LogP contribution in [0.4, 0.5) is 13.2 Å². The molecule has 36 heavy (non-hydrogen) atoms. The summed E-state index contributed by atoms with van der Waals surface area (Å²) < 4.78 is 49.7. The second-order valence-corrected chi connectivity index (χ2v) is 9.25. The van der Waals surface area contributed by atoms with Crippen molar-refractivity contribution >= 4 is 52.0 Å². The van der Waals surface area contributed by atoms with Crippen LogP contribution in [0.25, 0.3) is 10.9 Å². The predicted molar refractivity (Wildman–Crippen MR) is 134 cm³/mol. The average Bonchev–Trinajstić information content (AvgIpc) is 3.14. The molecule has 0 saturated heterocycles. The van der Waals surface area contributed by atoms with E-state index in [2.05, 4.69) is 4.72 Å². The molecule has 3 aromatic carbocycles. The molecule has 0 bridgehead atoms. The van der Waals surface area contributed by atoms with Crippen molar-refractivity contribution in [3.8, 4) is 11.8 Å². The maximum Gasteiger partial charge on any atom is 0.416 e. The molecule has 1 heterocycles. The van der Waals surface area contributed by atoms with Crippen LogP contribution in [0.2, 0.25) is 10.0 Å². The van der Waals surface area contributed by atoms with Crippen LogP contribution in [0.1, 0.15) is 27.0 Å². The van der Waals surface area contributed by atoms with E-state index in [0.717, 1.165) is 29.6 Å². The summed E-state index contributed by atoms with van der Waals surface area (Å²) in [6.07, 6.45) is -4.58. The van der Waals surface area contributed by atoms with Crippen molar-refractivity contribution in [1.29, 1.82) is 5.26 Å². The Morgan fingerprint density at radius 1 is 1.11 bits per heavy atom. The minimum atomic E-state index is -4.58. The Bertz CT molecular complexity index is 1500. The van der Waals surface area contributed by atoms with Gasteiger partial charge < -0.3 is 9.30 Å². The van der Waals surface area contributed by atoms with E-state index < -0.39 is 17.6 Å². The monoisotopic (exact) mass is 549 g/mol. The Kier molecular flexibility index (Phi) is 7.41. The fourth-order valence-electron chi connectivity index (χ4n) is 3.62. The predicted octanol–water partition coefficient (Wildman–Crippen LogP) is 7.33. The first-order chi connectivity index (χ1) is 17.1. The van der Waals surface area contributed by atoms with E-state index in [0.29, 0.717) is 16.3 Å². The van der Waals surface area contributed by atoms with Gasteiger partial charge in [0.2, 0.25) is 0 Å². The Labute approximate surface area is 218 Å². The summed E-state index contributed by atoms with van der Waals surface area (Å²) >= 11 is 12.8. The highest BCUT2D eigenvalue weighted by Gasteiger charge is 2.32. The number of rotatable bonds is 6. The molecule has 0 atom stereocenters. The number of hydrogen-bond donors (Lipinski definition) is 1. The van der Waals surface area contributed by atoms with Gasteiger partial charge in [0.25, 0.3) is 5.91 Å². The second kappa shape index (κ2) is 10.3. The largest absolute Gasteiger partial charge is 0.497 e. The van der Waals surface area contributed by atoms with Gasteiger partial charge in [0.1, 0.15) is 16.8 Å². The summed E-state index contributed by atoms with van der Waals surface area (Å²) in [4.78, 5) is 12.8. The zero-order chi connectivity index (χ0) is 26.0. The van der Waals surface area contributed by atoms with Crippen molar-refractivity contribution in [3.05, 3.63) is 93.0 Å². The van der Waals surface area contributed by atoms with Gasteiger partial charge in [0.15, 0.2) is 0 Å². The lowest BCUT2D eigenvalue weighted by Crippen LogP contribution is -2.17. The van der Waals surface area contributed by atoms with E-state index in [1.165, 1.54) is 31.4 Å². The second-order valence-electron chi connectivity index (χ2n) is 7.61. The molecular formula is C25H16Cl2F3N3O2S. The third-order valence-electron chi connectivity index (χ3n) is 5.37. The number of methoxy groups -OCH3 is 1. The van der Waals surface area contributed by atoms with Crippen LogP contribution in [-0.2, 0) is 12.7 Å². The van der Waals surface area contributed by atoms with Gasteiger partial charge in [-0.25, -0.2) is 0 Å².